The third kappa shape index (κ3) is 2.96. The average molecular weight is 225 g/mol. The van der Waals surface area contributed by atoms with E-state index < -0.39 is 10.7 Å². The number of aromatic nitrogens is 1. The van der Waals surface area contributed by atoms with Crippen molar-refractivity contribution in [3.63, 3.8) is 0 Å². The maximum Gasteiger partial charge on any atom is 0.319 e. The maximum atomic E-state index is 11.0. The lowest BCUT2D eigenvalue weighted by atomic mass is 10.2. The Morgan fingerprint density at radius 2 is 2.07 bits per heavy atom. The second-order valence-corrected chi connectivity index (χ2v) is 5.66. The predicted octanol–water partition coefficient (Wildman–Crippen LogP) is 2.65. The van der Waals surface area contributed by atoms with Gasteiger partial charge in [-0.2, -0.15) is 0 Å². The average Bonchev–Trinajstić information content (AvgIpc) is 2.09. The van der Waals surface area contributed by atoms with Gasteiger partial charge in [-0.15, -0.1) is 0 Å². The van der Waals surface area contributed by atoms with E-state index in [4.69, 9.17) is 5.11 Å². The van der Waals surface area contributed by atoms with Gasteiger partial charge in [-0.1, -0.05) is 17.8 Å². The van der Waals surface area contributed by atoms with Gasteiger partial charge in [-0.3, -0.25) is 4.79 Å². The minimum atomic E-state index is -0.840. The van der Waals surface area contributed by atoms with Crippen LogP contribution in [0.3, 0.4) is 0 Å². The largest absolute Gasteiger partial charge is 0.480 e. The minimum absolute atomic E-state index is 0.785. The number of carboxylic acid groups (broad SMARTS) is 1. The zero-order valence-corrected chi connectivity index (χ0v) is 10.2. The molecule has 0 aliphatic rings. The molecule has 0 spiro atoms. The van der Waals surface area contributed by atoms with Crippen LogP contribution < -0.4 is 0 Å². The summed E-state index contributed by atoms with van der Waals surface area (Å²) in [6.07, 6.45) is 1.76. The van der Waals surface area contributed by atoms with E-state index in [-0.39, 0.29) is 0 Å². The van der Waals surface area contributed by atoms with Crippen molar-refractivity contribution in [1.29, 1.82) is 0 Å². The van der Waals surface area contributed by atoms with Gasteiger partial charge in [-0.05, 0) is 38.8 Å². The number of carbonyl (C=O) groups is 1. The van der Waals surface area contributed by atoms with Crippen molar-refractivity contribution in [2.24, 2.45) is 0 Å². The highest BCUT2D eigenvalue weighted by Gasteiger charge is 2.29. The highest BCUT2D eigenvalue weighted by Crippen LogP contribution is 2.33. The summed E-state index contributed by atoms with van der Waals surface area (Å²) in [6.45, 7) is 7.28. The summed E-state index contributed by atoms with van der Waals surface area (Å²) in [7, 11) is 0. The summed E-state index contributed by atoms with van der Waals surface area (Å²) >= 11 is 1.28. The van der Waals surface area contributed by atoms with Crippen LogP contribution in [0.4, 0.5) is 0 Å². The van der Waals surface area contributed by atoms with Crippen molar-refractivity contribution in [1.82, 2.24) is 4.98 Å². The van der Waals surface area contributed by atoms with Crippen LogP contribution >= 0.6 is 11.8 Å². The van der Waals surface area contributed by atoms with E-state index in [1.165, 1.54) is 11.8 Å². The molecule has 82 valence electrons. The molecular weight excluding hydrogens is 210 g/mol. The fourth-order valence-corrected chi connectivity index (χ4v) is 1.99. The number of hydrogen-bond donors (Lipinski definition) is 1. The molecule has 0 amide bonds. The number of aliphatic carboxylic acids is 1. The lowest BCUT2D eigenvalue weighted by Crippen LogP contribution is -2.27. The molecule has 0 saturated heterocycles. The fourth-order valence-electron chi connectivity index (χ4n) is 1.09. The minimum Gasteiger partial charge on any atom is -0.480 e. The molecule has 1 aromatic heterocycles. The predicted molar refractivity (Wildman–Crippen MR) is 61.3 cm³/mol. The van der Waals surface area contributed by atoms with Gasteiger partial charge in [0.15, 0.2) is 0 Å². The van der Waals surface area contributed by atoms with E-state index in [1.807, 2.05) is 19.9 Å². The van der Waals surface area contributed by atoms with E-state index >= 15 is 0 Å². The van der Waals surface area contributed by atoms with E-state index in [1.54, 1.807) is 20.0 Å². The summed E-state index contributed by atoms with van der Waals surface area (Å²) in [5, 5.41) is 9.78. The van der Waals surface area contributed by atoms with Gasteiger partial charge in [0.25, 0.3) is 0 Å². The maximum absolute atomic E-state index is 11.0. The van der Waals surface area contributed by atoms with Gasteiger partial charge in [0.05, 0.1) is 5.03 Å². The molecule has 0 bridgehead atoms. The van der Waals surface area contributed by atoms with Crippen LogP contribution in [-0.2, 0) is 4.79 Å². The Labute approximate surface area is 93.9 Å². The molecule has 0 unspecified atom stereocenters. The van der Waals surface area contributed by atoms with Crippen molar-refractivity contribution >= 4 is 17.7 Å². The lowest BCUT2D eigenvalue weighted by Gasteiger charge is -2.18. The van der Waals surface area contributed by atoms with Crippen molar-refractivity contribution in [3.05, 3.63) is 23.4 Å². The summed E-state index contributed by atoms with van der Waals surface area (Å²) in [6, 6.07) is 2.01. The Balaban J connectivity index is 2.95. The van der Waals surface area contributed by atoms with Gasteiger partial charge in [-0.25, -0.2) is 4.98 Å². The van der Waals surface area contributed by atoms with Crippen LogP contribution in [0.5, 0.6) is 0 Å². The van der Waals surface area contributed by atoms with Crippen LogP contribution in [0.1, 0.15) is 25.0 Å². The monoisotopic (exact) mass is 225 g/mol. The number of carboxylic acids is 1. The van der Waals surface area contributed by atoms with Crippen molar-refractivity contribution in [2.45, 2.75) is 37.5 Å². The molecule has 0 aliphatic carbocycles. The third-order valence-electron chi connectivity index (χ3n) is 2.03. The highest BCUT2D eigenvalue weighted by molar-refractivity contribution is 8.01. The Kier molecular flexibility index (Phi) is 3.39. The fraction of sp³-hybridized carbons (Fsp3) is 0.455. The van der Waals surface area contributed by atoms with Crippen LogP contribution in [0, 0.1) is 13.8 Å². The van der Waals surface area contributed by atoms with E-state index in [0.29, 0.717) is 0 Å². The second kappa shape index (κ2) is 4.23. The van der Waals surface area contributed by atoms with Gasteiger partial charge in [0, 0.05) is 6.20 Å². The van der Waals surface area contributed by atoms with Crippen molar-refractivity contribution in [2.75, 3.05) is 0 Å². The van der Waals surface area contributed by atoms with Gasteiger partial charge < -0.3 is 5.11 Å². The van der Waals surface area contributed by atoms with Gasteiger partial charge in [0.1, 0.15) is 4.75 Å². The van der Waals surface area contributed by atoms with Crippen LogP contribution in [0.15, 0.2) is 17.3 Å². The molecule has 0 aliphatic heterocycles. The molecule has 4 heteroatoms. The van der Waals surface area contributed by atoms with Crippen LogP contribution in [0.25, 0.3) is 0 Å². The topological polar surface area (TPSA) is 50.2 Å². The second-order valence-electron chi connectivity index (χ2n) is 4.05. The summed E-state index contributed by atoms with van der Waals surface area (Å²) in [5.41, 5.74) is 2.11. The Hall–Kier alpha value is -1.03. The van der Waals surface area contributed by atoms with E-state index in [2.05, 4.69) is 4.98 Å². The van der Waals surface area contributed by atoms with Crippen molar-refractivity contribution < 1.29 is 9.90 Å². The number of pyridine rings is 1. The zero-order valence-electron chi connectivity index (χ0n) is 9.37. The molecule has 15 heavy (non-hydrogen) atoms. The molecule has 1 aromatic rings. The molecule has 0 fully saturated rings. The first-order chi connectivity index (χ1) is 6.83. The smallest absolute Gasteiger partial charge is 0.319 e. The lowest BCUT2D eigenvalue weighted by molar-refractivity contribution is -0.138. The molecule has 1 N–H and O–H groups in total. The van der Waals surface area contributed by atoms with E-state index in [0.717, 1.165) is 16.2 Å². The summed E-state index contributed by atoms with van der Waals surface area (Å²) in [5.74, 6) is -0.825. The SMILES string of the molecule is Cc1cnc(SC(C)(C)C(=O)O)c(C)c1. The molecule has 0 saturated carbocycles. The third-order valence-corrected chi connectivity index (χ3v) is 3.34. The van der Waals surface area contributed by atoms with E-state index in [9.17, 15) is 4.79 Å². The quantitative estimate of drug-likeness (QED) is 0.803. The Morgan fingerprint density at radius 3 is 2.53 bits per heavy atom. The standard InChI is InChI=1S/C11H15NO2S/c1-7-5-8(2)9(12-6-7)15-11(3,4)10(13)14/h5-6H,1-4H3,(H,13,14). The zero-order chi connectivity index (χ0) is 11.6. The first-order valence-electron chi connectivity index (χ1n) is 4.68. The molecule has 0 atom stereocenters. The van der Waals surface area contributed by atoms with Gasteiger partial charge >= 0.3 is 5.97 Å². The highest BCUT2D eigenvalue weighted by atomic mass is 32.2. The molecule has 1 heterocycles. The molecule has 1 rings (SSSR count). The normalized spacial score (nSPS) is 11.5. The number of nitrogens with zero attached hydrogens (tertiary/aromatic N) is 1. The number of thioether (sulfide) groups is 1. The first kappa shape index (κ1) is 12.0. The Morgan fingerprint density at radius 1 is 1.47 bits per heavy atom. The first-order valence-corrected chi connectivity index (χ1v) is 5.50. The number of hydrogen-bond acceptors (Lipinski definition) is 3. The van der Waals surface area contributed by atoms with Gasteiger partial charge in [0.2, 0.25) is 0 Å². The summed E-state index contributed by atoms with van der Waals surface area (Å²) in [4.78, 5) is 15.2. The van der Waals surface area contributed by atoms with Crippen LogP contribution in [0.2, 0.25) is 0 Å². The summed E-state index contributed by atoms with van der Waals surface area (Å²) < 4.78 is -0.840. The molecule has 3 nitrogen and oxygen atoms in total. The van der Waals surface area contributed by atoms with Crippen molar-refractivity contribution in [3.8, 4) is 0 Å². The Bertz CT molecular complexity index is 388. The molecular formula is C11H15NO2S. The number of aryl methyl sites for hydroxylation is 2. The number of rotatable bonds is 3. The molecule has 0 aromatic carbocycles. The molecule has 0 radical (unpaired) electrons. The van der Waals surface area contributed by atoms with Crippen LogP contribution in [-0.4, -0.2) is 20.8 Å².